The van der Waals surface area contributed by atoms with Crippen LogP contribution in [0, 0.1) is 0 Å². The van der Waals surface area contributed by atoms with Crippen molar-refractivity contribution in [2.75, 3.05) is 44.1 Å². The molecule has 3 N–H and O–H groups in total. The maximum atomic E-state index is 9.05. The van der Waals surface area contributed by atoms with Gasteiger partial charge in [0.15, 0.2) is 0 Å². The quantitative estimate of drug-likeness (QED) is 0.369. The van der Waals surface area contributed by atoms with E-state index in [1.54, 1.807) is 13.3 Å². The molecule has 4 rings (SSSR count). The van der Waals surface area contributed by atoms with Gasteiger partial charge in [-0.3, -0.25) is 0 Å². The van der Waals surface area contributed by atoms with Gasteiger partial charge in [0, 0.05) is 39.1 Å². The number of methoxy groups -OCH3 is 1. The van der Waals surface area contributed by atoms with Crippen LogP contribution in [0.2, 0.25) is 0 Å². The molecule has 172 valence electrons. The van der Waals surface area contributed by atoms with E-state index >= 15 is 0 Å². The molecular weight excluding hydrogens is 408 g/mol. The summed E-state index contributed by atoms with van der Waals surface area (Å²) in [6.45, 7) is 2.19. The van der Waals surface area contributed by atoms with E-state index in [4.69, 9.17) is 24.7 Å². The fraction of sp³-hybridized carbons (Fsp3) is 0.522. The number of nitrogens with one attached hydrogen (secondary N) is 2. The van der Waals surface area contributed by atoms with Crippen LogP contribution in [0.25, 0.3) is 16.8 Å². The SMILES string of the molecule is COCCNc1cccc2c(-c3ccnc(NC4CCCC4)n3)c(COCCCO)nn12. The zero-order valence-corrected chi connectivity index (χ0v) is 18.6. The number of rotatable bonds is 12. The Morgan fingerprint density at radius 1 is 1.19 bits per heavy atom. The zero-order chi connectivity index (χ0) is 22.2. The Kier molecular flexibility index (Phi) is 7.87. The summed E-state index contributed by atoms with van der Waals surface area (Å²) in [5.74, 6) is 1.52. The van der Waals surface area contributed by atoms with Crippen molar-refractivity contribution in [1.29, 1.82) is 0 Å². The van der Waals surface area contributed by atoms with Crippen molar-refractivity contribution in [2.24, 2.45) is 0 Å². The molecule has 0 amide bonds. The summed E-state index contributed by atoms with van der Waals surface area (Å²) in [5, 5.41) is 20.8. The first-order chi connectivity index (χ1) is 15.8. The number of fused-ring (bicyclic) bond motifs is 1. The van der Waals surface area contributed by atoms with Gasteiger partial charge in [0.2, 0.25) is 5.95 Å². The second kappa shape index (κ2) is 11.2. The van der Waals surface area contributed by atoms with E-state index in [2.05, 4.69) is 15.6 Å². The van der Waals surface area contributed by atoms with Crippen LogP contribution in [0.5, 0.6) is 0 Å². The summed E-state index contributed by atoms with van der Waals surface area (Å²) in [6.07, 6.45) is 7.20. The molecule has 0 aromatic carbocycles. The van der Waals surface area contributed by atoms with Crippen LogP contribution in [0.1, 0.15) is 37.8 Å². The maximum Gasteiger partial charge on any atom is 0.223 e. The fourth-order valence-electron chi connectivity index (χ4n) is 4.07. The smallest absolute Gasteiger partial charge is 0.223 e. The van der Waals surface area contributed by atoms with Gasteiger partial charge in [0.1, 0.15) is 5.82 Å². The highest BCUT2D eigenvalue weighted by Gasteiger charge is 2.20. The minimum absolute atomic E-state index is 0.105. The van der Waals surface area contributed by atoms with Gasteiger partial charge in [-0.2, -0.15) is 5.10 Å². The van der Waals surface area contributed by atoms with Gasteiger partial charge >= 0.3 is 0 Å². The van der Waals surface area contributed by atoms with Crippen LogP contribution in [0.15, 0.2) is 30.5 Å². The lowest BCUT2D eigenvalue weighted by molar-refractivity contribution is 0.102. The third kappa shape index (κ3) is 5.35. The van der Waals surface area contributed by atoms with Crippen molar-refractivity contribution in [1.82, 2.24) is 19.6 Å². The predicted molar refractivity (Wildman–Crippen MR) is 124 cm³/mol. The molecule has 0 aliphatic heterocycles. The largest absolute Gasteiger partial charge is 0.396 e. The second-order valence-corrected chi connectivity index (χ2v) is 7.97. The van der Waals surface area contributed by atoms with Crippen molar-refractivity contribution in [3.8, 4) is 11.3 Å². The number of aliphatic hydroxyl groups is 1. The molecule has 0 radical (unpaired) electrons. The van der Waals surface area contributed by atoms with Crippen LogP contribution in [-0.2, 0) is 16.1 Å². The van der Waals surface area contributed by atoms with Gasteiger partial charge in [-0.15, -0.1) is 0 Å². The van der Waals surface area contributed by atoms with Crippen LogP contribution in [0.3, 0.4) is 0 Å². The standard InChI is InChI=1S/C23H32N6O3/c1-31-15-12-24-21-9-4-8-20-22(19(28-29(20)21)16-32-14-5-13-30)18-10-11-25-23(27-18)26-17-6-2-3-7-17/h4,8-11,17,24,30H,2-3,5-7,12-16H2,1H3,(H,25,26,27). The molecule has 0 bridgehead atoms. The normalized spacial score (nSPS) is 14.3. The summed E-state index contributed by atoms with van der Waals surface area (Å²) in [6, 6.07) is 8.38. The van der Waals surface area contributed by atoms with Crippen LogP contribution < -0.4 is 10.6 Å². The lowest BCUT2D eigenvalue weighted by Crippen LogP contribution is -2.16. The van der Waals surface area contributed by atoms with Gasteiger partial charge in [-0.1, -0.05) is 18.9 Å². The fourth-order valence-corrected chi connectivity index (χ4v) is 4.07. The van der Waals surface area contributed by atoms with E-state index in [-0.39, 0.29) is 6.61 Å². The number of hydrogen-bond acceptors (Lipinski definition) is 8. The lowest BCUT2D eigenvalue weighted by Gasteiger charge is -2.12. The van der Waals surface area contributed by atoms with Crippen molar-refractivity contribution in [3.05, 3.63) is 36.2 Å². The lowest BCUT2D eigenvalue weighted by atomic mass is 10.1. The van der Waals surface area contributed by atoms with Crippen molar-refractivity contribution in [3.63, 3.8) is 0 Å². The van der Waals surface area contributed by atoms with Crippen LogP contribution in [0.4, 0.5) is 11.8 Å². The Balaban J connectivity index is 1.68. The first-order valence-electron chi connectivity index (χ1n) is 11.3. The molecule has 0 spiro atoms. The zero-order valence-electron chi connectivity index (χ0n) is 18.6. The number of aliphatic hydroxyl groups excluding tert-OH is 1. The molecule has 0 unspecified atom stereocenters. The summed E-state index contributed by atoms with van der Waals surface area (Å²) in [7, 11) is 1.68. The highest BCUT2D eigenvalue weighted by atomic mass is 16.5. The molecule has 0 atom stereocenters. The molecule has 0 saturated heterocycles. The summed E-state index contributed by atoms with van der Waals surface area (Å²) < 4.78 is 12.8. The van der Waals surface area contributed by atoms with Gasteiger partial charge in [0.05, 0.1) is 35.7 Å². The topological polar surface area (TPSA) is 106 Å². The number of aromatic nitrogens is 4. The van der Waals surface area contributed by atoms with Crippen LogP contribution in [-0.4, -0.2) is 64.2 Å². The number of anilines is 2. The average molecular weight is 441 g/mol. The minimum atomic E-state index is 0.105. The van der Waals surface area contributed by atoms with E-state index < -0.39 is 0 Å². The molecule has 1 aliphatic carbocycles. The molecule has 3 aromatic heterocycles. The Labute approximate surface area is 188 Å². The van der Waals surface area contributed by atoms with E-state index in [9.17, 15) is 0 Å². The molecule has 9 heteroatoms. The summed E-state index contributed by atoms with van der Waals surface area (Å²) >= 11 is 0. The Hall–Kier alpha value is -2.75. The van der Waals surface area contributed by atoms with Crippen molar-refractivity contribution < 1.29 is 14.6 Å². The average Bonchev–Trinajstić information content (AvgIpc) is 3.45. The third-order valence-corrected chi connectivity index (χ3v) is 5.63. The molecule has 9 nitrogen and oxygen atoms in total. The van der Waals surface area contributed by atoms with E-state index in [0.717, 1.165) is 41.1 Å². The maximum absolute atomic E-state index is 9.05. The first-order valence-corrected chi connectivity index (χ1v) is 11.3. The number of pyridine rings is 1. The molecule has 1 saturated carbocycles. The number of ether oxygens (including phenoxy) is 2. The molecular formula is C23H32N6O3. The van der Waals surface area contributed by atoms with Gasteiger partial charge in [-0.25, -0.2) is 14.5 Å². The van der Waals surface area contributed by atoms with Crippen molar-refractivity contribution >= 4 is 17.3 Å². The summed E-state index contributed by atoms with van der Waals surface area (Å²) in [5.41, 5.74) is 3.49. The Morgan fingerprint density at radius 2 is 2.06 bits per heavy atom. The molecule has 3 aromatic rings. The van der Waals surface area contributed by atoms with E-state index in [1.807, 2.05) is 28.8 Å². The first kappa shape index (κ1) is 22.4. The van der Waals surface area contributed by atoms with Crippen LogP contribution >= 0.6 is 0 Å². The van der Waals surface area contributed by atoms with Gasteiger partial charge in [0.25, 0.3) is 0 Å². The molecule has 3 heterocycles. The van der Waals surface area contributed by atoms with E-state index in [0.29, 0.717) is 44.8 Å². The van der Waals surface area contributed by atoms with Gasteiger partial charge < -0.3 is 25.2 Å². The molecule has 1 fully saturated rings. The number of nitrogens with zero attached hydrogens (tertiary/aromatic N) is 4. The second-order valence-electron chi connectivity index (χ2n) is 7.97. The van der Waals surface area contributed by atoms with Crippen molar-refractivity contribution in [2.45, 2.75) is 44.8 Å². The minimum Gasteiger partial charge on any atom is -0.396 e. The monoisotopic (exact) mass is 440 g/mol. The van der Waals surface area contributed by atoms with E-state index in [1.165, 1.54) is 12.8 Å². The summed E-state index contributed by atoms with van der Waals surface area (Å²) in [4.78, 5) is 9.27. The molecule has 32 heavy (non-hydrogen) atoms. The Morgan fingerprint density at radius 3 is 2.88 bits per heavy atom. The number of hydrogen-bond donors (Lipinski definition) is 3. The highest BCUT2D eigenvalue weighted by molar-refractivity contribution is 5.82. The predicted octanol–water partition coefficient (Wildman–Crippen LogP) is 3.10. The van der Waals surface area contributed by atoms with Gasteiger partial charge in [-0.05, 0) is 37.5 Å². The Bertz CT molecular complexity index is 1000. The third-order valence-electron chi connectivity index (χ3n) is 5.63. The highest BCUT2D eigenvalue weighted by Crippen LogP contribution is 2.30. The molecule has 1 aliphatic rings.